The van der Waals surface area contributed by atoms with E-state index in [9.17, 15) is 14.4 Å². The van der Waals surface area contributed by atoms with Crippen molar-refractivity contribution in [3.8, 4) is 28.7 Å². The zero-order valence-electron chi connectivity index (χ0n) is 27.2. The van der Waals surface area contributed by atoms with Crippen molar-refractivity contribution in [2.75, 3.05) is 34.7 Å². The number of cyclic esters (lactones) is 1. The molecule has 11 nitrogen and oxygen atoms in total. The van der Waals surface area contributed by atoms with E-state index in [0.29, 0.717) is 28.7 Å². The molecule has 0 spiro atoms. The van der Waals surface area contributed by atoms with Crippen molar-refractivity contribution in [1.29, 1.82) is 0 Å². The van der Waals surface area contributed by atoms with Gasteiger partial charge < -0.3 is 28.1 Å². The van der Waals surface area contributed by atoms with E-state index in [1.165, 1.54) is 7.05 Å². The minimum atomic E-state index is -2.28. The smallest absolute Gasteiger partial charge is 0.310 e. The quantitative estimate of drug-likeness (QED) is 0.248. The molecule has 2 aromatic carbocycles. The second kappa shape index (κ2) is 10.8. The second-order valence-electron chi connectivity index (χ2n) is 13.6. The van der Waals surface area contributed by atoms with Crippen molar-refractivity contribution in [1.82, 2.24) is 4.90 Å². The van der Waals surface area contributed by atoms with Crippen LogP contribution in [0.15, 0.2) is 29.3 Å². The Labute approximate surface area is 263 Å². The van der Waals surface area contributed by atoms with Gasteiger partial charge in [-0.3, -0.25) is 24.3 Å². The van der Waals surface area contributed by atoms with Gasteiger partial charge in [0, 0.05) is 18.9 Å². The molecular formula is C33H40N2O9Si. The van der Waals surface area contributed by atoms with Crippen LogP contribution in [0.4, 0.5) is 0 Å². The molecule has 2 amide bonds. The average molecular weight is 637 g/mol. The first-order chi connectivity index (χ1) is 21.2. The number of fused-ring (bicyclic) bond motifs is 3. The van der Waals surface area contributed by atoms with Crippen LogP contribution in [-0.2, 0) is 19.1 Å². The summed E-state index contributed by atoms with van der Waals surface area (Å²) >= 11 is 0. The molecule has 4 aliphatic rings. The monoisotopic (exact) mass is 636 g/mol. The van der Waals surface area contributed by atoms with Gasteiger partial charge in [-0.15, -0.1) is 0 Å². The number of aliphatic imine (C=N–C) groups is 1. The van der Waals surface area contributed by atoms with E-state index in [1.54, 1.807) is 21.1 Å². The Morgan fingerprint density at radius 2 is 1.53 bits per heavy atom. The van der Waals surface area contributed by atoms with Gasteiger partial charge in [-0.25, -0.2) is 0 Å². The lowest BCUT2D eigenvalue weighted by Gasteiger charge is -2.39. The summed E-state index contributed by atoms with van der Waals surface area (Å²) in [6.45, 7) is 12.6. The van der Waals surface area contributed by atoms with Crippen LogP contribution in [0.1, 0.15) is 56.3 Å². The molecule has 2 fully saturated rings. The highest BCUT2D eigenvalue weighted by Gasteiger charge is 2.54. The third-order valence-electron chi connectivity index (χ3n) is 10.1. The lowest BCUT2D eigenvalue weighted by Crippen LogP contribution is -2.44. The molecule has 6 rings (SSSR count). The zero-order chi connectivity index (χ0) is 32.6. The third kappa shape index (κ3) is 4.84. The number of imide groups is 1. The van der Waals surface area contributed by atoms with E-state index in [2.05, 4.69) is 33.9 Å². The van der Waals surface area contributed by atoms with Gasteiger partial charge in [-0.1, -0.05) is 20.8 Å². The van der Waals surface area contributed by atoms with E-state index in [4.69, 9.17) is 33.1 Å². The molecule has 2 aromatic rings. The van der Waals surface area contributed by atoms with E-state index >= 15 is 0 Å². The number of hydrogen-bond donors (Lipinski definition) is 0. The van der Waals surface area contributed by atoms with Crippen molar-refractivity contribution < 1.29 is 42.5 Å². The zero-order valence-corrected chi connectivity index (χ0v) is 28.2. The number of esters is 1. The van der Waals surface area contributed by atoms with E-state index in [-0.39, 0.29) is 36.0 Å². The van der Waals surface area contributed by atoms with Crippen LogP contribution in [0.3, 0.4) is 0 Å². The van der Waals surface area contributed by atoms with E-state index < -0.39 is 43.9 Å². The van der Waals surface area contributed by atoms with Gasteiger partial charge in [0.1, 0.15) is 5.71 Å². The van der Waals surface area contributed by atoms with Crippen molar-refractivity contribution in [3.05, 3.63) is 41.0 Å². The largest absolute Gasteiger partial charge is 0.539 e. The summed E-state index contributed by atoms with van der Waals surface area (Å²) in [7, 11) is 2.34. The molecule has 5 atom stereocenters. The van der Waals surface area contributed by atoms with Crippen LogP contribution >= 0.6 is 0 Å². The minimum Gasteiger partial charge on any atom is -0.539 e. The van der Waals surface area contributed by atoms with E-state index in [1.807, 2.05) is 24.3 Å². The fourth-order valence-electron chi connectivity index (χ4n) is 6.47. The third-order valence-corrected chi connectivity index (χ3v) is 14.4. The van der Waals surface area contributed by atoms with Gasteiger partial charge in [0.25, 0.3) is 14.2 Å². The number of ether oxygens (including phenoxy) is 5. The number of nitrogens with zero attached hydrogens (tertiary/aromatic N) is 2. The standard InChI is InChI=1S/C33H40N2O9Si/c1-16-27(31(37)35(5)30(16)36)34-28-19-13-22-21(42-15-43-22)12-18(19)25(26-20(28)14-41-32(26)38)17-10-23(39-6)29(24(11-17)40-7)44-45(8,9)33(2,3)4/h10-13,16,20,25-26,28H,14-15H2,1-9H3/t16?,20-,25+,26-,28+/m0/s1. The van der Waals surface area contributed by atoms with Gasteiger partial charge in [0.15, 0.2) is 28.7 Å². The summed E-state index contributed by atoms with van der Waals surface area (Å²) in [5.74, 6) is -0.751. The molecule has 1 unspecified atom stereocenters. The number of hydrogen-bond acceptors (Lipinski definition) is 10. The molecule has 0 radical (unpaired) electrons. The highest BCUT2D eigenvalue weighted by molar-refractivity contribution is 6.74. The molecule has 12 heteroatoms. The molecule has 0 saturated carbocycles. The van der Waals surface area contributed by atoms with Crippen LogP contribution in [0.2, 0.25) is 18.1 Å². The Kier molecular flexibility index (Phi) is 7.41. The van der Waals surface area contributed by atoms with Crippen molar-refractivity contribution in [2.45, 2.75) is 57.8 Å². The summed E-state index contributed by atoms with van der Waals surface area (Å²) in [6.07, 6.45) is 0. The van der Waals surface area contributed by atoms with E-state index in [0.717, 1.165) is 21.6 Å². The summed E-state index contributed by atoms with van der Waals surface area (Å²) in [5.41, 5.74) is 2.50. The van der Waals surface area contributed by atoms with Gasteiger partial charge in [-0.2, -0.15) is 0 Å². The first kappa shape index (κ1) is 30.9. The van der Waals surface area contributed by atoms with Gasteiger partial charge in [0.05, 0.1) is 38.7 Å². The number of carbonyl (C=O) groups excluding carboxylic acids is 3. The Balaban J connectivity index is 1.54. The lowest BCUT2D eigenvalue weighted by molar-refractivity contribution is -0.141. The first-order valence-electron chi connectivity index (χ1n) is 15.1. The van der Waals surface area contributed by atoms with Crippen molar-refractivity contribution in [3.63, 3.8) is 0 Å². The maximum absolute atomic E-state index is 13.6. The molecular weight excluding hydrogens is 596 g/mol. The number of benzene rings is 2. The summed E-state index contributed by atoms with van der Waals surface area (Å²) in [4.78, 5) is 45.3. The molecule has 0 aromatic heterocycles. The predicted octanol–water partition coefficient (Wildman–Crippen LogP) is 4.87. The van der Waals surface area contributed by atoms with Crippen molar-refractivity contribution in [2.24, 2.45) is 22.7 Å². The fourth-order valence-corrected chi connectivity index (χ4v) is 7.49. The second-order valence-corrected chi connectivity index (χ2v) is 18.4. The molecule has 240 valence electrons. The average Bonchev–Trinajstić information content (AvgIpc) is 3.66. The SMILES string of the molecule is COc1cc([C@@H]2c3cc4c(cc3[C@@H](N=C3C(=O)N(C)C(=O)C3C)[C@H]3COC(=O)[C@H]23)OCO4)cc(OC)c1O[Si](C)(C)C(C)(C)C. The summed E-state index contributed by atoms with van der Waals surface area (Å²) < 4.78 is 35.7. The number of methoxy groups -OCH3 is 2. The lowest BCUT2D eigenvalue weighted by atomic mass is 9.65. The number of rotatable bonds is 6. The first-order valence-corrected chi connectivity index (χ1v) is 18.0. The number of likely N-dealkylation sites (tertiary alicyclic amines) is 1. The highest BCUT2D eigenvalue weighted by Crippen LogP contribution is 2.57. The Hall–Kier alpha value is -4.06. The van der Waals surface area contributed by atoms with Gasteiger partial charge in [-0.05, 0) is 66.0 Å². The van der Waals surface area contributed by atoms with Crippen LogP contribution in [0, 0.1) is 17.8 Å². The predicted molar refractivity (Wildman–Crippen MR) is 167 cm³/mol. The molecule has 3 heterocycles. The highest BCUT2D eigenvalue weighted by atomic mass is 28.4. The summed E-state index contributed by atoms with van der Waals surface area (Å²) in [6, 6.07) is 6.92. The molecule has 3 aliphatic heterocycles. The normalized spacial score (nSPS) is 26.6. The molecule has 0 bridgehead atoms. The van der Waals surface area contributed by atoms with Crippen LogP contribution in [0.25, 0.3) is 0 Å². The van der Waals surface area contributed by atoms with Crippen LogP contribution < -0.4 is 23.4 Å². The van der Waals surface area contributed by atoms with Crippen LogP contribution in [0.5, 0.6) is 28.7 Å². The van der Waals surface area contributed by atoms with Crippen molar-refractivity contribution >= 4 is 31.8 Å². The maximum atomic E-state index is 13.6. The maximum Gasteiger partial charge on any atom is 0.310 e. The van der Waals surface area contributed by atoms with Gasteiger partial charge in [0.2, 0.25) is 12.7 Å². The minimum absolute atomic E-state index is 0.0624. The number of carbonyl (C=O) groups is 3. The Morgan fingerprint density at radius 3 is 2.07 bits per heavy atom. The molecule has 0 N–H and O–H groups in total. The molecule has 45 heavy (non-hydrogen) atoms. The fraction of sp³-hybridized carbons (Fsp3) is 0.515. The topological polar surface area (TPSA) is 122 Å². The van der Waals surface area contributed by atoms with Gasteiger partial charge >= 0.3 is 5.97 Å². The molecule has 2 saturated heterocycles. The summed E-state index contributed by atoms with van der Waals surface area (Å²) in [5, 5.41) is -0.0680. The Morgan fingerprint density at radius 1 is 0.933 bits per heavy atom. The van der Waals surface area contributed by atoms with Crippen LogP contribution in [-0.4, -0.2) is 71.4 Å². The molecule has 1 aliphatic carbocycles. The number of amides is 2. The Bertz CT molecular complexity index is 1600.